The molecule has 0 aliphatic heterocycles. The van der Waals surface area contributed by atoms with Gasteiger partial charge >= 0.3 is 0 Å². The Morgan fingerprint density at radius 1 is 1.17 bits per heavy atom. The molecule has 154 valence electrons. The van der Waals surface area contributed by atoms with E-state index in [4.69, 9.17) is 20.6 Å². The Hall–Kier alpha value is -3.04. The first-order chi connectivity index (χ1) is 14.1. The van der Waals surface area contributed by atoms with Crippen LogP contribution in [0.3, 0.4) is 0 Å². The quantitative estimate of drug-likeness (QED) is 0.590. The van der Waals surface area contributed by atoms with Crippen LogP contribution in [0.4, 0.5) is 4.39 Å². The first kappa shape index (κ1) is 22.3. The van der Waals surface area contributed by atoms with Gasteiger partial charge in [0.15, 0.2) is 11.5 Å². The molecule has 29 heavy (non-hydrogen) atoms. The molecular formula is C23H26FNO4. The van der Waals surface area contributed by atoms with Crippen LogP contribution < -0.4 is 14.8 Å². The largest absolute Gasteiger partial charge is 0.493 e. The van der Waals surface area contributed by atoms with Gasteiger partial charge in [-0.25, -0.2) is 4.39 Å². The molecule has 0 heterocycles. The van der Waals surface area contributed by atoms with Crippen molar-refractivity contribution in [2.75, 3.05) is 26.9 Å². The van der Waals surface area contributed by atoms with Gasteiger partial charge in [0.2, 0.25) is 5.91 Å². The molecule has 0 aliphatic carbocycles. The van der Waals surface area contributed by atoms with Gasteiger partial charge < -0.3 is 19.5 Å². The lowest BCUT2D eigenvalue weighted by molar-refractivity contribution is -0.132. The maximum atomic E-state index is 13.1. The van der Waals surface area contributed by atoms with Crippen molar-refractivity contribution in [1.29, 1.82) is 0 Å². The van der Waals surface area contributed by atoms with Crippen LogP contribution in [-0.2, 0) is 22.4 Å². The summed E-state index contributed by atoms with van der Waals surface area (Å²) in [6.07, 6.45) is 5.59. The van der Waals surface area contributed by atoms with Crippen LogP contribution in [0.5, 0.6) is 11.5 Å². The number of carbonyl (C=O) groups is 1. The predicted molar refractivity (Wildman–Crippen MR) is 110 cm³/mol. The lowest BCUT2D eigenvalue weighted by Gasteiger charge is -2.17. The van der Waals surface area contributed by atoms with E-state index in [1.54, 1.807) is 25.3 Å². The number of amides is 1. The van der Waals surface area contributed by atoms with Crippen LogP contribution in [0, 0.1) is 18.2 Å². The number of ether oxygens (including phenoxy) is 3. The summed E-state index contributed by atoms with van der Waals surface area (Å²) in [5.74, 6) is 3.08. The minimum absolute atomic E-state index is 0.165. The molecule has 0 bridgehead atoms. The maximum absolute atomic E-state index is 13.1. The molecule has 0 aromatic heterocycles. The third-order valence-corrected chi connectivity index (χ3v) is 4.25. The first-order valence-electron chi connectivity index (χ1n) is 9.44. The molecule has 0 unspecified atom stereocenters. The fourth-order valence-electron chi connectivity index (χ4n) is 2.81. The average molecular weight is 399 g/mol. The lowest BCUT2D eigenvalue weighted by atomic mass is 10.1. The van der Waals surface area contributed by atoms with Gasteiger partial charge in [-0.15, -0.1) is 6.42 Å². The summed E-state index contributed by atoms with van der Waals surface area (Å²) in [5, 5.41) is 2.90. The van der Waals surface area contributed by atoms with Gasteiger partial charge in [0.05, 0.1) is 7.11 Å². The summed E-state index contributed by atoms with van der Waals surface area (Å²) in [4.78, 5) is 12.5. The van der Waals surface area contributed by atoms with Gasteiger partial charge in [-0.3, -0.25) is 4.79 Å². The number of hydrogen-bond donors (Lipinski definition) is 1. The van der Waals surface area contributed by atoms with Crippen LogP contribution >= 0.6 is 0 Å². The number of terminal acetylenes is 1. The lowest BCUT2D eigenvalue weighted by Crippen LogP contribution is -2.38. The van der Waals surface area contributed by atoms with E-state index in [0.29, 0.717) is 37.5 Å². The zero-order chi connectivity index (χ0) is 21.1. The number of nitrogens with one attached hydrogen (secondary N) is 1. The van der Waals surface area contributed by atoms with E-state index in [1.165, 1.54) is 12.1 Å². The van der Waals surface area contributed by atoms with E-state index < -0.39 is 6.10 Å². The van der Waals surface area contributed by atoms with Crippen LogP contribution in [0.15, 0.2) is 42.5 Å². The van der Waals surface area contributed by atoms with Crippen molar-refractivity contribution >= 4 is 5.91 Å². The minimum atomic E-state index is -0.625. The Morgan fingerprint density at radius 3 is 2.55 bits per heavy atom. The van der Waals surface area contributed by atoms with Crippen molar-refractivity contribution in [1.82, 2.24) is 5.32 Å². The third kappa shape index (κ3) is 7.13. The predicted octanol–water partition coefficient (Wildman–Crippen LogP) is 3.15. The van der Waals surface area contributed by atoms with Crippen molar-refractivity contribution in [3.8, 4) is 23.8 Å². The number of carbonyl (C=O) groups excluding carboxylic acids is 1. The summed E-state index contributed by atoms with van der Waals surface area (Å²) in [6.45, 7) is 2.86. The highest BCUT2D eigenvalue weighted by Gasteiger charge is 2.19. The fourth-order valence-corrected chi connectivity index (χ4v) is 2.81. The highest BCUT2D eigenvalue weighted by atomic mass is 19.1. The molecule has 6 heteroatoms. The molecule has 1 amide bonds. The summed E-state index contributed by atoms with van der Waals surface area (Å²) in [6, 6.07) is 11.6. The molecule has 5 nitrogen and oxygen atoms in total. The second kappa shape index (κ2) is 11.7. The molecule has 1 atom stereocenters. The Morgan fingerprint density at radius 2 is 1.90 bits per heavy atom. The Kier molecular flexibility index (Phi) is 9.00. The third-order valence-electron chi connectivity index (χ3n) is 4.25. The van der Waals surface area contributed by atoms with E-state index in [9.17, 15) is 9.18 Å². The second-order valence-corrected chi connectivity index (χ2v) is 6.29. The Labute approximate surface area is 171 Å². The number of benzene rings is 2. The molecular weight excluding hydrogens is 373 g/mol. The molecule has 2 rings (SSSR count). The molecule has 0 fully saturated rings. The smallest absolute Gasteiger partial charge is 0.249 e. The SMILES string of the molecule is C#CCOc1ccc(CCNC(=O)[C@@H](Cc2ccc(F)cc2)OCC)cc1OC. The average Bonchev–Trinajstić information content (AvgIpc) is 2.73. The number of methoxy groups -OCH3 is 1. The van der Waals surface area contributed by atoms with Gasteiger partial charge in [-0.05, 0) is 48.7 Å². The van der Waals surface area contributed by atoms with Gasteiger partial charge in [0.1, 0.15) is 18.5 Å². The van der Waals surface area contributed by atoms with E-state index in [1.807, 2.05) is 19.1 Å². The van der Waals surface area contributed by atoms with Crippen molar-refractivity contribution in [2.45, 2.75) is 25.9 Å². The van der Waals surface area contributed by atoms with E-state index >= 15 is 0 Å². The number of hydrogen-bond acceptors (Lipinski definition) is 4. The molecule has 0 saturated heterocycles. The zero-order valence-corrected chi connectivity index (χ0v) is 16.7. The van der Waals surface area contributed by atoms with Gasteiger partial charge in [0, 0.05) is 19.6 Å². The van der Waals surface area contributed by atoms with Crippen LogP contribution in [0.25, 0.3) is 0 Å². The highest BCUT2D eigenvalue weighted by molar-refractivity contribution is 5.81. The van der Waals surface area contributed by atoms with Gasteiger partial charge in [-0.1, -0.05) is 24.1 Å². The molecule has 1 N–H and O–H groups in total. The molecule has 0 saturated carbocycles. The number of halogens is 1. The van der Waals surface area contributed by atoms with Crippen LogP contribution in [0.1, 0.15) is 18.1 Å². The number of rotatable bonds is 11. The summed E-state index contributed by atoms with van der Waals surface area (Å²) >= 11 is 0. The van der Waals surface area contributed by atoms with Gasteiger partial charge in [0.25, 0.3) is 0 Å². The maximum Gasteiger partial charge on any atom is 0.249 e. The van der Waals surface area contributed by atoms with E-state index in [0.717, 1.165) is 11.1 Å². The Bertz CT molecular complexity index is 830. The van der Waals surface area contributed by atoms with Crippen LogP contribution in [0.2, 0.25) is 0 Å². The molecule has 2 aromatic rings. The summed E-state index contributed by atoms with van der Waals surface area (Å²) in [7, 11) is 1.56. The van der Waals surface area contributed by atoms with Crippen LogP contribution in [-0.4, -0.2) is 38.9 Å². The molecule has 0 spiro atoms. The minimum Gasteiger partial charge on any atom is -0.493 e. The highest BCUT2D eigenvalue weighted by Crippen LogP contribution is 2.28. The molecule has 2 aromatic carbocycles. The van der Waals surface area contributed by atoms with Crippen molar-refractivity contribution in [3.63, 3.8) is 0 Å². The van der Waals surface area contributed by atoms with E-state index in [2.05, 4.69) is 11.2 Å². The monoisotopic (exact) mass is 399 g/mol. The first-order valence-corrected chi connectivity index (χ1v) is 9.44. The fraction of sp³-hybridized carbons (Fsp3) is 0.348. The topological polar surface area (TPSA) is 56.8 Å². The van der Waals surface area contributed by atoms with Crippen molar-refractivity contribution in [2.24, 2.45) is 0 Å². The second-order valence-electron chi connectivity index (χ2n) is 6.29. The summed E-state index contributed by atoms with van der Waals surface area (Å²) < 4.78 is 29.4. The van der Waals surface area contributed by atoms with Crippen molar-refractivity contribution < 1.29 is 23.4 Å². The summed E-state index contributed by atoms with van der Waals surface area (Å²) in [5.41, 5.74) is 1.83. The zero-order valence-electron chi connectivity index (χ0n) is 16.7. The molecule has 0 radical (unpaired) electrons. The standard InChI is InChI=1S/C23H26FNO4/c1-4-14-29-20-11-8-18(15-21(20)27-3)12-13-25-23(26)22(28-5-2)16-17-6-9-19(24)10-7-17/h1,6-11,15,22H,5,12-14,16H2,2-3H3,(H,25,26)/t22-/m1/s1. The van der Waals surface area contributed by atoms with E-state index in [-0.39, 0.29) is 18.3 Å². The molecule has 0 aliphatic rings. The Balaban J connectivity index is 1.90. The normalized spacial score (nSPS) is 11.4. The van der Waals surface area contributed by atoms with Crippen molar-refractivity contribution in [3.05, 3.63) is 59.4 Å². The van der Waals surface area contributed by atoms with Gasteiger partial charge in [-0.2, -0.15) is 0 Å².